The van der Waals surface area contributed by atoms with Crippen LogP contribution in [0, 0.1) is 0 Å². The van der Waals surface area contributed by atoms with Gasteiger partial charge < -0.3 is 9.64 Å². The summed E-state index contributed by atoms with van der Waals surface area (Å²) in [5, 5.41) is 0. The Hall–Kier alpha value is -1.91. The number of piperidine rings is 1. The second-order valence-corrected chi connectivity index (χ2v) is 5.60. The van der Waals surface area contributed by atoms with Crippen molar-refractivity contribution in [3.63, 3.8) is 0 Å². The van der Waals surface area contributed by atoms with Gasteiger partial charge in [0, 0.05) is 12.1 Å². The number of rotatable bonds is 2. The van der Waals surface area contributed by atoms with E-state index in [9.17, 15) is 13.6 Å². The first-order valence-corrected chi connectivity index (χ1v) is 7.17. The smallest absolute Gasteiger partial charge is 0.410 e. The second-order valence-electron chi connectivity index (χ2n) is 5.60. The zero-order valence-corrected chi connectivity index (χ0v) is 11.6. The first-order valence-electron chi connectivity index (χ1n) is 7.17. The molecular weight excluding hydrogens is 276 g/mol. The fourth-order valence-corrected chi connectivity index (χ4v) is 3.26. The minimum Gasteiger partial charge on any atom is -0.445 e. The normalized spacial score (nSPS) is 24.1. The number of amides is 1. The van der Waals surface area contributed by atoms with Crippen molar-refractivity contribution < 1.29 is 18.3 Å². The van der Waals surface area contributed by atoms with Crippen molar-refractivity contribution in [3.05, 3.63) is 47.5 Å². The average molecular weight is 293 g/mol. The molecule has 0 aliphatic carbocycles. The quantitative estimate of drug-likeness (QED) is 0.821. The molecule has 0 N–H and O–H groups in total. The molecule has 2 bridgehead atoms. The number of carbonyl (C=O) groups is 1. The van der Waals surface area contributed by atoms with Gasteiger partial charge in [-0.1, -0.05) is 30.3 Å². The van der Waals surface area contributed by atoms with E-state index in [0.29, 0.717) is 0 Å². The SMILES string of the molecule is O=C(OCc1ccccc1)N1C2CCC1CC(=C(F)F)C2. The third-order valence-electron chi connectivity index (χ3n) is 4.27. The Balaban J connectivity index is 1.63. The number of hydrogen-bond acceptors (Lipinski definition) is 2. The monoisotopic (exact) mass is 293 g/mol. The summed E-state index contributed by atoms with van der Waals surface area (Å²) in [5.74, 6) is 0. The van der Waals surface area contributed by atoms with Gasteiger partial charge in [0.15, 0.2) is 0 Å². The molecule has 5 heteroatoms. The molecule has 112 valence electrons. The van der Waals surface area contributed by atoms with Crippen molar-refractivity contribution in [1.29, 1.82) is 0 Å². The third kappa shape index (κ3) is 2.91. The van der Waals surface area contributed by atoms with Crippen LogP contribution < -0.4 is 0 Å². The molecule has 2 unspecified atom stereocenters. The fourth-order valence-electron chi connectivity index (χ4n) is 3.26. The van der Waals surface area contributed by atoms with Gasteiger partial charge in [-0.3, -0.25) is 0 Å². The Kier molecular flexibility index (Phi) is 3.90. The van der Waals surface area contributed by atoms with E-state index in [1.54, 1.807) is 4.90 Å². The number of ether oxygens (including phenoxy) is 1. The van der Waals surface area contributed by atoms with Gasteiger partial charge in [-0.25, -0.2) is 4.79 Å². The maximum absolute atomic E-state index is 12.7. The van der Waals surface area contributed by atoms with E-state index in [1.165, 1.54) is 0 Å². The maximum Gasteiger partial charge on any atom is 0.410 e. The summed E-state index contributed by atoms with van der Waals surface area (Å²) in [6.45, 7) is 0.218. The van der Waals surface area contributed by atoms with E-state index in [2.05, 4.69) is 0 Å². The predicted molar refractivity (Wildman–Crippen MR) is 73.8 cm³/mol. The lowest BCUT2D eigenvalue weighted by Crippen LogP contribution is -2.45. The maximum atomic E-state index is 12.7. The third-order valence-corrected chi connectivity index (χ3v) is 4.27. The van der Waals surface area contributed by atoms with E-state index in [4.69, 9.17) is 4.74 Å². The summed E-state index contributed by atoms with van der Waals surface area (Å²) in [6, 6.07) is 9.17. The van der Waals surface area contributed by atoms with Crippen molar-refractivity contribution in [2.24, 2.45) is 0 Å². The Morgan fingerprint density at radius 3 is 2.33 bits per heavy atom. The van der Waals surface area contributed by atoms with Crippen LogP contribution in [-0.2, 0) is 11.3 Å². The molecule has 2 saturated heterocycles. The Morgan fingerprint density at radius 2 is 1.76 bits per heavy atom. The average Bonchev–Trinajstić information content (AvgIpc) is 2.75. The van der Waals surface area contributed by atoms with Crippen LogP contribution >= 0.6 is 0 Å². The van der Waals surface area contributed by atoms with Gasteiger partial charge in [0.2, 0.25) is 0 Å². The van der Waals surface area contributed by atoms with Gasteiger partial charge in [0.1, 0.15) is 6.61 Å². The molecule has 0 spiro atoms. The van der Waals surface area contributed by atoms with Crippen LogP contribution in [0.15, 0.2) is 42.0 Å². The van der Waals surface area contributed by atoms with E-state index in [0.717, 1.165) is 18.4 Å². The van der Waals surface area contributed by atoms with Gasteiger partial charge >= 0.3 is 6.09 Å². The number of nitrogens with zero attached hydrogens (tertiary/aromatic N) is 1. The van der Waals surface area contributed by atoms with E-state index >= 15 is 0 Å². The van der Waals surface area contributed by atoms with Crippen molar-refractivity contribution in [2.75, 3.05) is 0 Å². The Labute approximate surface area is 122 Å². The van der Waals surface area contributed by atoms with Crippen molar-refractivity contribution in [2.45, 2.75) is 44.4 Å². The zero-order chi connectivity index (χ0) is 14.8. The molecule has 21 heavy (non-hydrogen) atoms. The lowest BCUT2D eigenvalue weighted by Gasteiger charge is -2.34. The second kappa shape index (κ2) is 5.84. The molecule has 0 saturated carbocycles. The van der Waals surface area contributed by atoms with E-state index in [1.807, 2.05) is 30.3 Å². The van der Waals surface area contributed by atoms with Gasteiger partial charge in [-0.2, -0.15) is 8.78 Å². The summed E-state index contributed by atoms with van der Waals surface area (Å²) >= 11 is 0. The highest BCUT2D eigenvalue weighted by atomic mass is 19.3. The molecule has 3 nitrogen and oxygen atoms in total. The number of benzene rings is 1. The summed E-state index contributed by atoms with van der Waals surface area (Å²) in [5.41, 5.74) is 1.13. The molecule has 1 aromatic carbocycles. The number of hydrogen-bond donors (Lipinski definition) is 0. The van der Waals surface area contributed by atoms with Crippen LogP contribution in [0.3, 0.4) is 0 Å². The van der Waals surface area contributed by atoms with Crippen LogP contribution in [-0.4, -0.2) is 23.1 Å². The van der Waals surface area contributed by atoms with Gasteiger partial charge in [0.25, 0.3) is 6.08 Å². The molecule has 2 fully saturated rings. The van der Waals surface area contributed by atoms with Crippen molar-refractivity contribution in [3.8, 4) is 0 Å². The molecule has 1 aromatic rings. The molecule has 0 aromatic heterocycles. The highest BCUT2D eigenvalue weighted by Gasteiger charge is 2.43. The molecule has 2 aliphatic heterocycles. The van der Waals surface area contributed by atoms with E-state index in [-0.39, 0.29) is 43.2 Å². The number of carbonyl (C=O) groups excluding carboxylic acids is 1. The first-order chi connectivity index (χ1) is 10.1. The largest absolute Gasteiger partial charge is 0.445 e. The summed E-state index contributed by atoms with van der Waals surface area (Å²) in [6.07, 6.45) is 0.149. The van der Waals surface area contributed by atoms with Crippen LogP contribution in [0.25, 0.3) is 0 Å². The Morgan fingerprint density at radius 1 is 1.14 bits per heavy atom. The van der Waals surface area contributed by atoms with Gasteiger partial charge in [0.05, 0.1) is 0 Å². The van der Waals surface area contributed by atoms with Crippen LogP contribution in [0.2, 0.25) is 0 Å². The predicted octanol–water partition coefficient (Wildman–Crippen LogP) is 4.10. The first kappa shape index (κ1) is 14.0. The minimum absolute atomic E-state index is 0.136. The molecule has 1 amide bonds. The van der Waals surface area contributed by atoms with Crippen molar-refractivity contribution >= 4 is 6.09 Å². The minimum atomic E-state index is -1.58. The van der Waals surface area contributed by atoms with Gasteiger partial charge in [-0.15, -0.1) is 0 Å². The zero-order valence-electron chi connectivity index (χ0n) is 11.6. The lowest BCUT2D eigenvalue weighted by atomic mass is 9.98. The van der Waals surface area contributed by atoms with Crippen LogP contribution in [0.1, 0.15) is 31.2 Å². The van der Waals surface area contributed by atoms with Crippen molar-refractivity contribution in [1.82, 2.24) is 4.90 Å². The molecule has 2 heterocycles. The summed E-state index contributed by atoms with van der Waals surface area (Å²) in [4.78, 5) is 13.9. The summed E-state index contributed by atoms with van der Waals surface area (Å²) < 4.78 is 30.8. The molecule has 2 aliphatic rings. The number of halogens is 2. The fraction of sp³-hybridized carbons (Fsp3) is 0.438. The molecule has 0 radical (unpaired) electrons. The summed E-state index contributed by atoms with van der Waals surface area (Å²) in [7, 11) is 0. The van der Waals surface area contributed by atoms with Crippen LogP contribution in [0.4, 0.5) is 13.6 Å². The molecular formula is C16H17F2NO2. The number of fused-ring (bicyclic) bond motifs is 2. The van der Waals surface area contributed by atoms with Gasteiger partial charge in [-0.05, 0) is 36.8 Å². The lowest BCUT2D eigenvalue weighted by molar-refractivity contribution is 0.0711. The van der Waals surface area contributed by atoms with Crippen LogP contribution in [0.5, 0.6) is 0 Å². The highest BCUT2D eigenvalue weighted by Crippen LogP contribution is 2.40. The topological polar surface area (TPSA) is 29.5 Å². The Bertz CT molecular complexity index is 539. The standard InChI is InChI=1S/C16H17F2NO2/c17-15(18)12-8-13-6-7-14(9-12)19(13)16(20)21-10-11-4-2-1-3-5-11/h1-5,13-14H,6-10H2. The van der Waals surface area contributed by atoms with E-state index < -0.39 is 6.08 Å². The molecule has 3 rings (SSSR count). The molecule has 2 atom stereocenters. The highest BCUT2D eigenvalue weighted by molar-refractivity contribution is 5.69.